The summed E-state index contributed by atoms with van der Waals surface area (Å²) in [6.07, 6.45) is 1.50. The van der Waals surface area contributed by atoms with Gasteiger partial charge in [-0.1, -0.05) is 6.07 Å². The van der Waals surface area contributed by atoms with Crippen LogP contribution < -0.4 is 15.6 Å². The molecule has 0 unspecified atom stereocenters. The van der Waals surface area contributed by atoms with Crippen LogP contribution in [-0.4, -0.2) is 49.1 Å². The van der Waals surface area contributed by atoms with Crippen molar-refractivity contribution in [3.05, 3.63) is 33.9 Å². The highest BCUT2D eigenvalue weighted by Crippen LogP contribution is 2.29. The normalized spacial score (nSPS) is 14.7. The molecule has 2 rings (SSSR count). The van der Waals surface area contributed by atoms with E-state index in [9.17, 15) is 10.1 Å². The lowest BCUT2D eigenvalue weighted by Crippen LogP contribution is -2.36. The first-order chi connectivity index (χ1) is 11.1. The van der Waals surface area contributed by atoms with E-state index in [-0.39, 0.29) is 10.6 Å². The number of nitrogens with zero attached hydrogens (tertiary/aromatic N) is 3. The second kappa shape index (κ2) is 8.39. The number of rotatable bonds is 5. The summed E-state index contributed by atoms with van der Waals surface area (Å²) in [5.74, 6) is 0. The first kappa shape index (κ1) is 17.1. The summed E-state index contributed by atoms with van der Waals surface area (Å²) in [6, 6.07) is 5.04. The molecule has 0 aromatic heterocycles. The van der Waals surface area contributed by atoms with Gasteiger partial charge in [0.15, 0.2) is 5.11 Å². The highest BCUT2D eigenvalue weighted by molar-refractivity contribution is 7.80. The molecule has 124 valence electrons. The summed E-state index contributed by atoms with van der Waals surface area (Å²) in [5.41, 5.74) is 3.94. The molecule has 1 aliphatic rings. The van der Waals surface area contributed by atoms with E-state index in [1.807, 2.05) is 11.8 Å². The van der Waals surface area contributed by atoms with Gasteiger partial charge < -0.3 is 15.0 Å². The second-order valence-corrected chi connectivity index (χ2v) is 5.24. The van der Waals surface area contributed by atoms with Crippen LogP contribution in [0.5, 0.6) is 0 Å². The number of hydrogen-bond donors (Lipinski definition) is 2. The number of benzene rings is 1. The predicted molar refractivity (Wildman–Crippen MR) is 93.1 cm³/mol. The molecule has 9 heteroatoms. The minimum Gasteiger partial charge on any atom is -0.378 e. The third-order valence-corrected chi connectivity index (χ3v) is 3.50. The lowest BCUT2D eigenvalue weighted by atomic mass is 10.1. The van der Waals surface area contributed by atoms with E-state index in [0.29, 0.717) is 49.2 Å². The Bertz CT molecular complexity index is 602. The smallest absolute Gasteiger partial charge is 0.293 e. The van der Waals surface area contributed by atoms with Crippen LogP contribution in [0.25, 0.3) is 0 Å². The van der Waals surface area contributed by atoms with Crippen molar-refractivity contribution in [2.45, 2.75) is 6.92 Å². The minimum atomic E-state index is -0.376. The molecular weight excluding hydrogens is 318 g/mol. The van der Waals surface area contributed by atoms with Crippen LogP contribution in [0.3, 0.4) is 0 Å². The molecule has 0 radical (unpaired) electrons. The molecule has 0 aliphatic carbocycles. The third kappa shape index (κ3) is 4.86. The second-order valence-electron chi connectivity index (χ2n) is 4.83. The Labute approximate surface area is 139 Å². The van der Waals surface area contributed by atoms with Crippen LogP contribution in [0.4, 0.5) is 11.4 Å². The summed E-state index contributed by atoms with van der Waals surface area (Å²) in [7, 11) is 0. The van der Waals surface area contributed by atoms with E-state index < -0.39 is 0 Å². The number of hydrazone groups is 1. The molecule has 1 heterocycles. The zero-order valence-electron chi connectivity index (χ0n) is 12.8. The van der Waals surface area contributed by atoms with Crippen LogP contribution in [0.2, 0.25) is 0 Å². The maximum Gasteiger partial charge on any atom is 0.293 e. The Morgan fingerprint density at radius 2 is 2.26 bits per heavy atom. The van der Waals surface area contributed by atoms with Gasteiger partial charge in [0.2, 0.25) is 0 Å². The Hall–Kier alpha value is -2.26. The molecule has 2 N–H and O–H groups in total. The van der Waals surface area contributed by atoms with Crippen LogP contribution in [0.15, 0.2) is 23.3 Å². The maximum absolute atomic E-state index is 11.3. The lowest BCUT2D eigenvalue weighted by molar-refractivity contribution is -0.384. The zero-order chi connectivity index (χ0) is 16.7. The maximum atomic E-state index is 11.3. The fraction of sp³-hybridized carbons (Fsp3) is 0.429. The number of nitro groups is 1. The Morgan fingerprint density at radius 3 is 2.91 bits per heavy atom. The molecule has 1 aromatic rings. The van der Waals surface area contributed by atoms with Crippen molar-refractivity contribution in [1.82, 2.24) is 10.7 Å². The van der Waals surface area contributed by atoms with E-state index in [2.05, 4.69) is 15.8 Å². The van der Waals surface area contributed by atoms with E-state index in [4.69, 9.17) is 17.0 Å². The molecule has 8 nitrogen and oxygen atoms in total. The molecule has 23 heavy (non-hydrogen) atoms. The van der Waals surface area contributed by atoms with Crippen LogP contribution in [0, 0.1) is 10.1 Å². The van der Waals surface area contributed by atoms with Gasteiger partial charge in [-0.3, -0.25) is 15.5 Å². The average Bonchev–Trinajstić information content (AvgIpc) is 2.56. The van der Waals surface area contributed by atoms with Crippen molar-refractivity contribution in [1.29, 1.82) is 0 Å². The number of anilines is 1. The van der Waals surface area contributed by atoms with Gasteiger partial charge in [-0.25, -0.2) is 0 Å². The summed E-state index contributed by atoms with van der Waals surface area (Å²) in [6.45, 7) is 5.06. The van der Waals surface area contributed by atoms with Crippen molar-refractivity contribution >= 4 is 34.9 Å². The number of morpholine rings is 1. The molecule has 0 amide bonds. The van der Waals surface area contributed by atoms with Gasteiger partial charge in [0.1, 0.15) is 5.69 Å². The van der Waals surface area contributed by atoms with E-state index >= 15 is 0 Å². The minimum absolute atomic E-state index is 0.0603. The number of hydrogen-bond acceptors (Lipinski definition) is 6. The number of ether oxygens (including phenoxy) is 1. The fourth-order valence-corrected chi connectivity index (χ4v) is 2.40. The molecule has 0 atom stereocenters. The lowest BCUT2D eigenvalue weighted by Gasteiger charge is -2.28. The Morgan fingerprint density at radius 1 is 1.52 bits per heavy atom. The molecule has 1 aromatic carbocycles. The van der Waals surface area contributed by atoms with Crippen molar-refractivity contribution in [3.8, 4) is 0 Å². The summed E-state index contributed by atoms with van der Waals surface area (Å²) in [5, 5.41) is 18.6. The highest BCUT2D eigenvalue weighted by atomic mass is 32.1. The van der Waals surface area contributed by atoms with E-state index in [1.54, 1.807) is 12.1 Å². The molecular formula is C14H19N5O3S. The highest BCUT2D eigenvalue weighted by Gasteiger charge is 2.21. The largest absolute Gasteiger partial charge is 0.378 e. The van der Waals surface area contributed by atoms with Gasteiger partial charge in [0.25, 0.3) is 5.69 Å². The first-order valence-electron chi connectivity index (χ1n) is 7.30. The van der Waals surface area contributed by atoms with Crippen molar-refractivity contribution < 1.29 is 9.66 Å². The average molecular weight is 337 g/mol. The topological polar surface area (TPSA) is 92.0 Å². The van der Waals surface area contributed by atoms with Crippen molar-refractivity contribution in [2.24, 2.45) is 5.10 Å². The summed E-state index contributed by atoms with van der Waals surface area (Å²) >= 11 is 4.98. The number of nitro benzene ring substituents is 1. The SMILES string of the molecule is CCNC(=S)N/N=C\c1ccc(N2CCOCC2)c([N+](=O)[O-])c1. The predicted octanol–water partition coefficient (Wildman–Crippen LogP) is 1.25. The number of nitrogens with one attached hydrogen (secondary N) is 2. The van der Waals surface area contributed by atoms with Gasteiger partial charge >= 0.3 is 0 Å². The standard InChI is InChI=1S/C14H19N5O3S/c1-2-15-14(23)17-16-10-11-3-4-12(13(9-11)19(20)21)18-5-7-22-8-6-18/h3-4,9-10H,2,5-8H2,1H3,(H2,15,17,23)/b16-10-. The van der Waals surface area contributed by atoms with Crippen molar-refractivity contribution in [3.63, 3.8) is 0 Å². The van der Waals surface area contributed by atoms with Crippen LogP contribution in [-0.2, 0) is 4.74 Å². The van der Waals surface area contributed by atoms with Crippen LogP contribution in [0.1, 0.15) is 12.5 Å². The van der Waals surface area contributed by atoms with E-state index in [0.717, 1.165) is 0 Å². The third-order valence-electron chi connectivity index (χ3n) is 3.26. The molecule has 0 bridgehead atoms. The summed E-state index contributed by atoms with van der Waals surface area (Å²) in [4.78, 5) is 12.9. The molecule has 1 aliphatic heterocycles. The van der Waals surface area contributed by atoms with Crippen LogP contribution >= 0.6 is 12.2 Å². The van der Waals surface area contributed by atoms with Gasteiger partial charge in [-0.05, 0) is 25.2 Å². The Balaban J connectivity index is 2.13. The summed E-state index contributed by atoms with van der Waals surface area (Å²) < 4.78 is 5.28. The molecule has 0 spiro atoms. The quantitative estimate of drug-likeness (QED) is 0.361. The van der Waals surface area contributed by atoms with Crippen molar-refractivity contribution in [2.75, 3.05) is 37.7 Å². The first-order valence-corrected chi connectivity index (χ1v) is 7.70. The monoisotopic (exact) mass is 337 g/mol. The van der Waals surface area contributed by atoms with E-state index in [1.165, 1.54) is 12.3 Å². The molecule has 1 fully saturated rings. The molecule has 0 saturated carbocycles. The van der Waals surface area contributed by atoms with Gasteiger partial charge in [-0.15, -0.1) is 0 Å². The Kier molecular flexibility index (Phi) is 6.24. The van der Waals surface area contributed by atoms with Gasteiger partial charge in [0.05, 0.1) is 24.4 Å². The fourth-order valence-electron chi connectivity index (χ4n) is 2.20. The zero-order valence-corrected chi connectivity index (χ0v) is 13.6. The number of thiocarbonyl (C=S) groups is 1. The van der Waals surface area contributed by atoms with Gasteiger partial charge in [0, 0.05) is 31.3 Å². The molecule has 1 saturated heterocycles. The van der Waals surface area contributed by atoms with Gasteiger partial charge in [-0.2, -0.15) is 5.10 Å².